The number of nitrogen functional groups attached to an aromatic ring is 1. The van der Waals surface area contributed by atoms with Crippen molar-refractivity contribution in [1.82, 2.24) is 20.2 Å². The quantitative estimate of drug-likeness (QED) is 0.865. The lowest BCUT2D eigenvalue weighted by Crippen LogP contribution is -2.22. The standard InChI is InChI=1S/C13H16FN5O/c1-8(12-3-2-6-20-12)19-13(16-17-18-19)9-4-5-11(15)10(14)7-9/h4-5,7-8,12H,2-3,6,15H2,1H3. The fourth-order valence-corrected chi connectivity index (χ4v) is 2.46. The van der Waals surface area contributed by atoms with Gasteiger partial charge >= 0.3 is 0 Å². The second-order valence-electron chi connectivity index (χ2n) is 4.98. The lowest BCUT2D eigenvalue weighted by atomic mass is 10.1. The van der Waals surface area contributed by atoms with Gasteiger partial charge in [-0.15, -0.1) is 5.10 Å². The van der Waals surface area contributed by atoms with Crippen molar-refractivity contribution >= 4 is 5.69 Å². The third kappa shape index (κ3) is 2.24. The van der Waals surface area contributed by atoms with Crippen molar-refractivity contribution in [2.75, 3.05) is 12.3 Å². The van der Waals surface area contributed by atoms with Gasteiger partial charge in [-0.2, -0.15) is 0 Å². The van der Waals surface area contributed by atoms with Crippen molar-refractivity contribution in [3.8, 4) is 11.4 Å². The number of anilines is 1. The first-order valence-electron chi connectivity index (χ1n) is 6.61. The van der Waals surface area contributed by atoms with Crippen molar-refractivity contribution in [2.45, 2.75) is 31.9 Å². The summed E-state index contributed by atoms with van der Waals surface area (Å²) in [5.41, 5.74) is 6.20. The first-order chi connectivity index (χ1) is 9.66. The van der Waals surface area contributed by atoms with Crippen LogP contribution in [0, 0.1) is 5.82 Å². The van der Waals surface area contributed by atoms with E-state index in [0.717, 1.165) is 19.4 Å². The van der Waals surface area contributed by atoms with Crippen LogP contribution in [0.5, 0.6) is 0 Å². The number of hydrogen-bond donors (Lipinski definition) is 1. The molecule has 1 aliphatic heterocycles. The lowest BCUT2D eigenvalue weighted by molar-refractivity contribution is 0.0690. The minimum absolute atomic E-state index is 0.00288. The molecule has 20 heavy (non-hydrogen) atoms. The fraction of sp³-hybridized carbons (Fsp3) is 0.462. The molecule has 7 heteroatoms. The molecule has 1 aromatic heterocycles. The molecule has 1 fully saturated rings. The summed E-state index contributed by atoms with van der Waals surface area (Å²) in [6.45, 7) is 2.77. The molecule has 2 aromatic rings. The van der Waals surface area contributed by atoms with Crippen LogP contribution in [0.3, 0.4) is 0 Å². The molecule has 3 rings (SSSR count). The molecule has 1 aromatic carbocycles. The first-order valence-corrected chi connectivity index (χ1v) is 6.61. The van der Waals surface area contributed by atoms with Crippen LogP contribution in [0.1, 0.15) is 25.8 Å². The summed E-state index contributed by atoms with van der Waals surface area (Å²) < 4.78 is 20.9. The highest BCUT2D eigenvalue weighted by molar-refractivity contribution is 5.59. The van der Waals surface area contributed by atoms with Gasteiger partial charge in [0.05, 0.1) is 17.8 Å². The van der Waals surface area contributed by atoms with Crippen LogP contribution in [0.2, 0.25) is 0 Å². The Morgan fingerprint density at radius 3 is 3.05 bits per heavy atom. The molecule has 0 amide bonds. The van der Waals surface area contributed by atoms with E-state index in [0.29, 0.717) is 11.4 Å². The van der Waals surface area contributed by atoms with Crippen LogP contribution in [0.15, 0.2) is 18.2 Å². The van der Waals surface area contributed by atoms with Crippen molar-refractivity contribution in [2.24, 2.45) is 0 Å². The second-order valence-corrected chi connectivity index (χ2v) is 4.98. The Hall–Kier alpha value is -2.02. The van der Waals surface area contributed by atoms with E-state index in [9.17, 15) is 4.39 Å². The molecule has 2 atom stereocenters. The summed E-state index contributed by atoms with van der Waals surface area (Å²) >= 11 is 0. The van der Waals surface area contributed by atoms with Crippen LogP contribution < -0.4 is 5.73 Å². The van der Waals surface area contributed by atoms with Crippen LogP contribution >= 0.6 is 0 Å². The Morgan fingerprint density at radius 1 is 1.50 bits per heavy atom. The Kier molecular flexibility index (Phi) is 3.35. The minimum Gasteiger partial charge on any atom is -0.396 e. The van der Waals surface area contributed by atoms with Crippen molar-refractivity contribution in [1.29, 1.82) is 0 Å². The predicted molar refractivity (Wildman–Crippen MR) is 71.3 cm³/mol. The van der Waals surface area contributed by atoms with Gasteiger partial charge < -0.3 is 10.5 Å². The molecular weight excluding hydrogens is 261 g/mol. The van der Waals surface area contributed by atoms with Gasteiger partial charge in [-0.05, 0) is 48.4 Å². The van der Waals surface area contributed by atoms with Crippen molar-refractivity contribution < 1.29 is 9.13 Å². The van der Waals surface area contributed by atoms with E-state index >= 15 is 0 Å². The van der Waals surface area contributed by atoms with Crippen LogP contribution in [-0.4, -0.2) is 32.9 Å². The zero-order chi connectivity index (χ0) is 14.1. The van der Waals surface area contributed by atoms with Crippen molar-refractivity contribution in [3.05, 3.63) is 24.0 Å². The van der Waals surface area contributed by atoms with Crippen LogP contribution in [-0.2, 0) is 4.74 Å². The molecule has 106 valence electrons. The van der Waals surface area contributed by atoms with Gasteiger partial charge in [0.25, 0.3) is 0 Å². The van der Waals surface area contributed by atoms with E-state index in [4.69, 9.17) is 10.5 Å². The Labute approximate surface area is 115 Å². The number of ether oxygens (including phenoxy) is 1. The molecular formula is C13H16FN5O. The SMILES string of the molecule is CC(C1CCCO1)n1nnnc1-c1ccc(N)c(F)c1. The number of nitrogens with two attached hydrogens (primary N) is 1. The Morgan fingerprint density at radius 2 is 2.35 bits per heavy atom. The molecule has 2 heterocycles. The zero-order valence-electron chi connectivity index (χ0n) is 11.2. The normalized spacial score (nSPS) is 20.2. The van der Waals surface area contributed by atoms with Crippen LogP contribution in [0.25, 0.3) is 11.4 Å². The summed E-state index contributed by atoms with van der Waals surface area (Å²) in [7, 11) is 0. The maximum absolute atomic E-state index is 13.6. The lowest BCUT2D eigenvalue weighted by Gasteiger charge is -2.19. The van der Waals surface area contributed by atoms with Gasteiger partial charge in [0.2, 0.25) is 0 Å². The third-order valence-corrected chi connectivity index (χ3v) is 3.64. The van der Waals surface area contributed by atoms with Gasteiger partial charge in [-0.1, -0.05) is 0 Å². The molecule has 1 saturated heterocycles. The summed E-state index contributed by atoms with van der Waals surface area (Å²) in [4.78, 5) is 0. The number of rotatable bonds is 3. The molecule has 0 saturated carbocycles. The van der Waals surface area contributed by atoms with E-state index in [-0.39, 0.29) is 17.8 Å². The molecule has 2 unspecified atom stereocenters. The Balaban J connectivity index is 1.94. The number of halogens is 1. The number of nitrogens with zero attached hydrogens (tertiary/aromatic N) is 4. The van der Waals surface area contributed by atoms with Gasteiger partial charge in [-0.3, -0.25) is 0 Å². The molecule has 0 radical (unpaired) electrons. The van der Waals surface area contributed by atoms with E-state index in [2.05, 4.69) is 15.5 Å². The average molecular weight is 277 g/mol. The Bertz CT molecular complexity index is 609. The summed E-state index contributed by atoms with van der Waals surface area (Å²) in [5, 5.41) is 11.7. The van der Waals surface area contributed by atoms with E-state index in [1.165, 1.54) is 12.1 Å². The highest BCUT2D eigenvalue weighted by Gasteiger charge is 2.27. The molecule has 0 bridgehead atoms. The van der Waals surface area contributed by atoms with E-state index in [1.807, 2.05) is 6.92 Å². The molecule has 2 N–H and O–H groups in total. The van der Waals surface area contributed by atoms with Gasteiger partial charge in [-0.25, -0.2) is 9.07 Å². The summed E-state index contributed by atoms with van der Waals surface area (Å²) in [6.07, 6.45) is 2.12. The summed E-state index contributed by atoms with van der Waals surface area (Å²) in [6, 6.07) is 4.58. The largest absolute Gasteiger partial charge is 0.396 e. The minimum atomic E-state index is -0.471. The zero-order valence-corrected chi connectivity index (χ0v) is 11.2. The second kappa shape index (κ2) is 5.16. The van der Waals surface area contributed by atoms with Crippen molar-refractivity contribution in [3.63, 3.8) is 0 Å². The first kappa shape index (κ1) is 13.0. The smallest absolute Gasteiger partial charge is 0.182 e. The number of hydrogen-bond acceptors (Lipinski definition) is 5. The molecule has 0 spiro atoms. The predicted octanol–water partition coefficient (Wildman–Crippen LogP) is 1.80. The van der Waals surface area contributed by atoms with Gasteiger partial charge in [0.1, 0.15) is 5.82 Å². The highest BCUT2D eigenvalue weighted by Crippen LogP contribution is 2.28. The monoisotopic (exact) mass is 277 g/mol. The van der Waals surface area contributed by atoms with Gasteiger partial charge in [0, 0.05) is 12.2 Å². The maximum atomic E-state index is 13.6. The molecule has 6 nitrogen and oxygen atoms in total. The van der Waals surface area contributed by atoms with E-state index in [1.54, 1.807) is 10.7 Å². The topological polar surface area (TPSA) is 78.8 Å². The average Bonchev–Trinajstić information content (AvgIpc) is 3.11. The van der Waals surface area contributed by atoms with Crippen LogP contribution in [0.4, 0.5) is 10.1 Å². The maximum Gasteiger partial charge on any atom is 0.182 e. The molecule has 0 aliphatic carbocycles. The molecule has 1 aliphatic rings. The van der Waals surface area contributed by atoms with Gasteiger partial charge in [0.15, 0.2) is 5.82 Å². The summed E-state index contributed by atoms with van der Waals surface area (Å²) in [5.74, 6) is 0.0497. The third-order valence-electron chi connectivity index (χ3n) is 3.64. The number of aromatic nitrogens is 4. The number of benzene rings is 1. The van der Waals surface area contributed by atoms with E-state index < -0.39 is 5.82 Å². The highest BCUT2D eigenvalue weighted by atomic mass is 19.1. The fourth-order valence-electron chi connectivity index (χ4n) is 2.46. The number of tetrazole rings is 1.